The van der Waals surface area contributed by atoms with Gasteiger partial charge in [0.05, 0.1) is 0 Å². The molecule has 0 heterocycles. The average Bonchev–Trinajstić information content (AvgIpc) is 2.49. The van der Waals surface area contributed by atoms with Gasteiger partial charge in [-0.2, -0.15) is 0 Å². The molecule has 0 radical (unpaired) electrons. The van der Waals surface area contributed by atoms with E-state index in [1.165, 1.54) is 5.56 Å². The molecule has 0 saturated carbocycles. The second-order valence-electron chi connectivity index (χ2n) is 4.60. The SMILES string of the molecule is CCc1cccc(OCC(O)CNCCS(=O)CC)c1. The minimum absolute atomic E-state index is 0.261. The predicted molar refractivity (Wildman–Crippen MR) is 83.7 cm³/mol. The van der Waals surface area contributed by atoms with Crippen LogP contribution in [-0.4, -0.2) is 46.6 Å². The van der Waals surface area contributed by atoms with Crippen molar-refractivity contribution < 1.29 is 14.1 Å². The molecule has 114 valence electrons. The molecule has 0 aliphatic carbocycles. The third kappa shape index (κ3) is 7.03. The molecule has 1 rings (SSSR count). The molecule has 2 N–H and O–H groups in total. The van der Waals surface area contributed by atoms with E-state index >= 15 is 0 Å². The normalized spacial score (nSPS) is 13.9. The topological polar surface area (TPSA) is 58.6 Å². The first-order valence-electron chi connectivity index (χ1n) is 7.11. The Hall–Kier alpha value is -0.910. The van der Waals surface area contributed by atoms with E-state index in [1.807, 2.05) is 25.1 Å². The number of hydrogen-bond acceptors (Lipinski definition) is 4. The molecule has 0 saturated heterocycles. The number of ether oxygens (including phenoxy) is 1. The Morgan fingerprint density at radius 1 is 1.40 bits per heavy atom. The molecule has 0 spiro atoms. The number of aryl methyl sites for hydroxylation is 1. The lowest BCUT2D eigenvalue weighted by atomic mass is 10.2. The van der Waals surface area contributed by atoms with E-state index in [0.29, 0.717) is 24.6 Å². The smallest absolute Gasteiger partial charge is 0.119 e. The van der Waals surface area contributed by atoms with Crippen molar-refractivity contribution in [2.45, 2.75) is 26.4 Å². The van der Waals surface area contributed by atoms with Crippen LogP contribution in [0.1, 0.15) is 19.4 Å². The molecule has 2 atom stereocenters. The fourth-order valence-corrected chi connectivity index (χ4v) is 2.37. The van der Waals surface area contributed by atoms with Crippen LogP contribution in [0.5, 0.6) is 5.75 Å². The highest BCUT2D eigenvalue weighted by atomic mass is 32.2. The van der Waals surface area contributed by atoms with Gasteiger partial charge in [-0.1, -0.05) is 26.0 Å². The van der Waals surface area contributed by atoms with Crippen molar-refractivity contribution in [2.24, 2.45) is 0 Å². The summed E-state index contributed by atoms with van der Waals surface area (Å²) in [5.74, 6) is 2.10. The maximum absolute atomic E-state index is 11.2. The van der Waals surface area contributed by atoms with Crippen LogP contribution in [0, 0.1) is 0 Å². The van der Waals surface area contributed by atoms with Crippen LogP contribution in [0.3, 0.4) is 0 Å². The van der Waals surface area contributed by atoms with E-state index in [4.69, 9.17) is 4.74 Å². The fraction of sp³-hybridized carbons (Fsp3) is 0.600. The Kier molecular flexibility index (Phi) is 8.49. The molecule has 0 aliphatic heterocycles. The van der Waals surface area contributed by atoms with Gasteiger partial charge in [0.1, 0.15) is 18.5 Å². The first-order chi connectivity index (χ1) is 9.65. The van der Waals surface area contributed by atoms with E-state index in [-0.39, 0.29) is 6.61 Å². The summed E-state index contributed by atoms with van der Waals surface area (Å²) in [5, 5.41) is 12.9. The lowest BCUT2D eigenvalue weighted by Crippen LogP contribution is -2.33. The van der Waals surface area contributed by atoms with Crippen LogP contribution >= 0.6 is 0 Å². The van der Waals surface area contributed by atoms with Crippen molar-refractivity contribution in [1.29, 1.82) is 0 Å². The van der Waals surface area contributed by atoms with E-state index in [1.54, 1.807) is 0 Å². The van der Waals surface area contributed by atoms with Gasteiger partial charge in [-0.15, -0.1) is 0 Å². The molecular weight excluding hydrogens is 274 g/mol. The molecule has 0 aliphatic rings. The molecule has 2 unspecified atom stereocenters. The lowest BCUT2D eigenvalue weighted by Gasteiger charge is -2.13. The van der Waals surface area contributed by atoms with Gasteiger partial charge in [0.2, 0.25) is 0 Å². The van der Waals surface area contributed by atoms with Crippen molar-refractivity contribution in [3.05, 3.63) is 29.8 Å². The van der Waals surface area contributed by atoms with Crippen molar-refractivity contribution in [3.63, 3.8) is 0 Å². The highest BCUT2D eigenvalue weighted by Crippen LogP contribution is 2.13. The molecule has 4 nitrogen and oxygen atoms in total. The Balaban J connectivity index is 2.19. The van der Waals surface area contributed by atoms with E-state index < -0.39 is 16.9 Å². The van der Waals surface area contributed by atoms with Crippen LogP contribution in [0.2, 0.25) is 0 Å². The summed E-state index contributed by atoms with van der Waals surface area (Å²) in [5.41, 5.74) is 1.22. The Morgan fingerprint density at radius 2 is 2.20 bits per heavy atom. The predicted octanol–water partition coefficient (Wildman–Crippen LogP) is 1.35. The monoisotopic (exact) mass is 299 g/mol. The number of benzene rings is 1. The zero-order valence-corrected chi connectivity index (χ0v) is 13.1. The van der Waals surface area contributed by atoms with E-state index in [2.05, 4.69) is 18.3 Å². The minimum Gasteiger partial charge on any atom is -0.491 e. The second kappa shape index (κ2) is 9.91. The van der Waals surface area contributed by atoms with Crippen molar-refractivity contribution in [3.8, 4) is 5.75 Å². The lowest BCUT2D eigenvalue weighted by molar-refractivity contribution is 0.107. The molecule has 1 aromatic rings. The summed E-state index contributed by atoms with van der Waals surface area (Å²) in [4.78, 5) is 0. The van der Waals surface area contributed by atoms with Crippen LogP contribution in [-0.2, 0) is 17.2 Å². The number of aliphatic hydroxyl groups excluding tert-OH is 1. The largest absolute Gasteiger partial charge is 0.491 e. The van der Waals surface area contributed by atoms with Crippen LogP contribution in [0.25, 0.3) is 0 Å². The van der Waals surface area contributed by atoms with Gasteiger partial charge in [0, 0.05) is 35.4 Å². The Labute approximate surface area is 124 Å². The zero-order valence-electron chi connectivity index (χ0n) is 12.3. The molecule has 20 heavy (non-hydrogen) atoms. The summed E-state index contributed by atoms with van der Waals surface area (Å²) in [6.45, 7) is 5.37. The van der Waals surface area contributed by atoms with Crippen LogP contribution < -0.4 is 10.1 Å². The fourth-order valence-electron chi connectivity index (χ4n) is 1.71. The molecule has 0 amide bonds. The van der Waals surface area contributed by atoms with Crippen LogP contribution in [0.4, 0.5) is 0 Å². The third-order valence-electron chi connectivity index (χ3n) is 2.96. The molecule has 5 heteroatoms. The maximum atomic E-state index is 11.2. The summed E-state index contributed by atoms with van der Waals surface area (Å²) >= 11 is 0. The summed E-state index contributed by atoms with van der Waals surface area (Å²) in [6, 6.07) is 7.89. The number of hydrogen-bond donors (Lipinski definition) is 2. The third-order valence-corrected chi connectivity index (χ3v) is 4.26. The average molecular weight is 299 g/mol. The van der Waals surface area contributed by atoms with Gasteiger partial charge in [-0.05, 0) is 24.1 Å². The molecule has 1 aromatic carbocycles. The van der Waals surface area contributed by atoms with Gasteiger partial charge in [0.25, 0.3) is 0 Å². The van der Waals surface area contributed by atoms with Gasteiger partial charge in [0.15, 0.2) is 0 Å². The first kappa shape index (κ1) is 17.1. The molecular formula is C15H25NO3S. The second-order valence-corrected chi connectivity index (χ2v) is 6.47. The summed E-state index contributed by atoms with van der Waals surface area (Å²) in [7, 11) is -0.754. The number of rotatable bonds is 10. The van der Waals surface area contributed by atoms with Crippen molar-refractivity contribution in [2.75, 3.05) is 31.2 Å². The Bertz CT molecular complexity index is 412. The summed E-state index contributed by atoms with van der Waals surface area (Å²) in [6.07, 6.45) is 0.408. The first-order valence-corrected chi connectivity index (χ1v) is 8.60. The van der Waals surface area contributed by atoms with Gasteiger partial charge < -0.3 is 15.2 Å². The van der Waals surface area contributed by atoms with Crippen LogP contribution in [0.15, 0.2) is 24.3 Å². The summed E-state index contributed by atoms with van der Waals surface area (Å²) < 4.78 is 16.8. The minimum atomic E-state index is -0.754. The van der Waals surface area contributed by atoms with Crippen molar-refractivity contribution in [1.82, 2.24) is 5.32 Å². The molecule has 0 fully saturated rings. The number of aliphatic hydroxyl groups is 1. The van der Waals surface area contributed by atoms with Crippen molar-refractivity contribution >= 4 is 10.8 Å². The quantitative estimate of drug-likeness (QED) is 0.640. The highest BCUT2D eigenvalue weighted by molar-refractivity contribution is 7.84. The zero-order chi connectivity index (χ0) is 14.8. The Morgan fingerprint density at radius 3 is 2.90 bits per heavy atom. The maximum Gasteiger partial charge on any atom is 0.119 e. The molecule has 0 aromatic heterocycles. The van der Waals surface area contributed by atoms with E-state index in [0.717, 1.165) is 12.2 Å². The van der Waals surface area contributed by atoms with Gasteiger partial charge >= 0.3 is 0 Å². The standard InChI is InChI=1S/C15H25NO3S/c1-3-13-6-5-7-15(10-13)19-12-14(17)11-16-8-9-20(18)4-2/h5-7,10,14,16-17H,3-4,8-9,11-12H2,1-2H3. The van der Waals surface area contributed by atoms with Gasteiger partial charge in [-0.25, -0.2) is 0 Å². The highest BCUT2D eigenvalue weighted by Gasteiger charge is 2.05. The number of nitrogens with one attached hydrogen (secondary N) is 1. The molecule has 0 bridgehead atoms. The van der Waals surface area contributed by atoms with E-state index in [9.17, 15) is 9.32 Å². The van der Waals surface area contributed by atoms with Gasteiger partial charge in [-0.3, -0.25) is 4.21 Å².